The molecule has 126 valence electrons. The fourth-order valence-corrected chi connectivity index (χ4v) is 2.69. The number of nitrogens with zero attached hydrogens (tertiary/aromatic N) is 1. The van der Waals surface area contributed by atoms with Crippen LogP contribution in [0.4, 0.5) is 0 Å². The molecule has 2 rings (SSSR count). The highest BCUT2D eigenvalue weighted by atomic mass is 35.5. The number of ether oxygens (including phenoxy) is 1. The van der Waals surface area contributed by atoms with Crippen LogP contribution in [0.3, 0.4) is 0 Å². The number of carbonyl (C=O) groups excluding carboxylic acids is 2. The minimum absolute atomic E-state index is 0.0566. The molecule has 23 heavy (non-hydrogen) atoms. The van der Waals surface area contributed by atoms with Crippen LogP contribution in [0.2, 0.25) is 5.02 Å². The molecule has 0 radical (unpaired) electrons. The number of piperidine rings is 1. The van der Waals surface area contributed by atoms with Gasteiger partial charge in [-0.15, -0.1) is 0 Å². The van der Waals surface area contributed by atoms with E-state index in [2.05, 4.69) is 5.32 Å². The maximum absolute atomic E-state index is 12.1. The molecule has 1 aliphatic heterocycles. The number of carbonyl (C=O) groups is 2. The van der Waals surface area contributed by atoms with Gasteiger partial charge in [0.15, 0.2) is 0 Å². The second-order valence-electron chi connectivity index (χ2n) is 5.65. The van der Waals surface area contributed by atoms with Crippen molar-refractivity contribution in [3.05, 3.63) is 28.8 Å². The second kappa shape index (κ2) is 8.77. The van der Waals surface area contributed by atoms with Gasteiger partial charge in [0, 0.05) is 30.1 Å². The van der Waals surface area contributed by atoms with Crippen LogP contribution in [-0.4, -0.2) is 36.4 Å². The van der Waals surface area contributed by atoms with Crippen LogP contribution >= 0.6 is 11.6 Å². The summed E-state index contributed by atoms with van der Waals surface area (Å²) in [6.07, 6.45) is 3.32. The third-order valence-corrected chi connectivity index (χ3v) is 3.95. The van der Waals surface area contributed by atoms with Crippen molar-refractivity contribution in [1.82, 2.24) is 10.2 Å². The molecule has 2 amide bonds. The van der Waals surface area contributed by atoms with E-state index in [-0.39, 0.29) is 18.4 Å². The van der Waals surface area contributed by atoms with Gasteiger partial charge >= 0.3 is 0 Å². The number of likely N-dealkylation sites (tertiary alicyclic amines) is 1. The van der Waals surface area contributed by atoms with Gasteiger partial charge in [0.25, 0.3) is 0 Å². The Balaban J connectivity index is 1.90. The fraction of sp³-hybridized carbons (Fsp3) is 0.529. The molecule has 1 aliphatic rings. The van der Waals surface area contributed by atoms with Crippen molar-refractivity contribution in [2.24, 2.45) is 0 Å². The molecule has 0 aliphatic carbocycles. The summed E-state index contributed by atoms with van der Waals surface area (Å²) in [6.45, 7) is 3.76. The molecule has 1 N–H and O–H groups in total. The van der Waals surface area contributed by atoms with Crippen LogP contribution in [0, 0.1) is 0 Å². The van der Waals surface area contributed by atoms with Crippen LogP contribution in [0.25, 0.3) is 0 Å². The summed E-state index contributed by atoms with van der Waals surface area (Å²) in [6, 6.07) is 5.37. The number of hydrogen-bond donors (Lipinski definition) is 1. The normalized spacial score (nSPS) is 14.7. The van der Waals surface area contributed by atoms with Gasteiger partial charge in [-0.2, -0.15) is 0 Å². The van der Waals surface area contributed by atoms with Crippen molar-refractivity contribution in [3.8, 4) is 5.75 Å². The molecule has 0 unspecified atom stereocenters. The summed E-state index contributed by atoms with van der Waals surface area (Å²) in [5.74, 6) is 0.619. The van der Waals surface area contributed by atoms with E-state index in [1.807, 2.05) is 13.0 Å². The van der Waals surface area contributed by atoms with Crippen molar-refractivity contribution < 1.29 is 14.3 Å². The van der Waals surface area contributed by atoms with Crippen molar-refractivity contribution in [2.45, 2.75) is 39.2 Å². The molecule has 1 saturated heterocycles. The van der Waals surface area contributed by atoms with Gasteiger partial charge in [-0.25, -0.2) is 0 Å². The molecule has 0 saturated carbocycles. The highest BCUT2D eigenvalue weighted by Gasteiger charge is 2.20. The molecule has 0 bridgehead atoms. The topological polar surface area (TPSA) is 58.6 Å². The first-order valence-electron chi connectivity index (χ1n) is 8.06. The zero-order valence-corrected chi connectivity index (χ0v) is 14.2. The summed E-state index contributed by atoms with van der Waals surface area (Å²) >= 11 is 6.02. The molecular weight excluding hydrogens is 316 g/mol. The summed E-state index contributed by atoms with van der Waals surface area (Å²) in [5, 5.41) is 3.44. The first kappa shape index (κ1) is 17.6. The standard InChI is InChI=1S/C17H23ClN2O3/c1-2-9-23-15-7-6-14(18)10-13(15)11-19-16(21)12-20-8-4-3-5-17(20)22/h6-7,10H,2-5,8-9,11-12H2,1H3,(H,19,21). The summed E-state index contributed by atoms with van der Waals surface area (Å²) < 4.78 is 5.67. The predicted molar refractivity (Wildman–Crippen MR) is 89.5 cm³/mol. The highest BCUT2D eigenvalue weighted by molar-refractivity contribution is 6.30. The molecule has 1 heterocycles. The van der Waals surface area contributed by atoms with Gasteiger partial charge in [0.05, 0.1) is 13.2 Å². The first-order chi connectivity index (χ1) is 11.1. The number of halogens is 1. The molecular formula is C17H23ClN2O3. The van der Waals surface area contributed by atoms with E-state index in [1.165, 1.54) is 0 Å². The number of benzene rings is 1. The van der Waals surface area contributed by atoms with E-state index < -0.39 is 0 Å². The maximum Gasteiger partial charge on any atom is 0.239 e. The summed E-state index contributed by atoms with van der Waals surface area (Å²) in [7, 11) is 0. The Morgan fingerprint density at radius 2 is 2.22 bits per heavy atom. The van der Waals surface area contributed by atoms with Crippen LogP contribution < -0.4 is 10.1 Å². The monoisotopic (exact) mass is 338 g/mol. The Labute approximate surface area is 141 Å². The Morgan fingerprint density at radius 1 is 1.39 bits per heavy atom. The van der Waals surface area contributed by atoms with E-state index in [4.69, 9.17) is 16.3 Å². The number of hydrogen-bond acceptors (Lipinski definition) is 3. The van der Waals surface area contributed by atoms with Gasteiger partial charge in [0.2, 0.25) is 11.8 Å². The van der Waals surface area contributed by atoms with E-state index in [0.29, 0.717) is 31.1 Å². The quantitative estimate of drug-likeness (QED) is 0.831. The molecule has 6 heteroatoms. The number of nitrogens with one attached hydrogen (secondary N) is 1. The van der Waals surface area contributed by atoms with Crippen molar-refractivity contribution in [1.29, 1.82) is 0 Å². The first-order valence-corrected chi connectivity index (χ1v) is 8.43. The lowest BCUT2D eigenvalue weighted by atomic mass is 10.1. The van der Waals surface area contributed by atoms with Crippen LogP contribution in [0.1, 0.15) is 38.2 Å². The van der Waals surface area contributed by atoms with Crippen molar-refractivity contribution >= 4 is 23.4 Å². The van der Waals surface area contributed by atoms with E-state index >= 15 is 0 Å². The Morgan fingerprint density at radius 3 is 2.96 bits per heavy atom. The van der Waals surface area contributed by atoms with Crippen molar-refractivity contribution in [2.75, 3.05) is 19.7 Å². The van der Waals surface area contributed by atoms with Gasteiger partial charge < -0.3 is 15.0 Å². The minimum Gasteiger partial charge on any atom is -0.493 e. The average Bonchev–Trinajstić information content (AvgIpc) is 2.54. The van der Waals surface area contributed by atoms with Gasteiger partial charge in [0.1, 0.15) is 5.75 Å². The Kier molecular flexibility index (Phi) is 6.71. The van der Waals surface area contributed by atoms with Crippen LogP contribution in [0.15, 0.2) is 18.2 Å². The summed E-state index contributed by atoms with van der Waals surface area (Å²) in [5.41, 5.74) is 0.837. The average molecular weight is 339 g/mol. The molecule has 1 aromatic carbocycles. The van der Waals surface area contributed by atoms with Gasteiger partial charge in [-0.1, -0.05) is 18.5 Å². The minimum atomic E-state index is -0.165. The molecule has 1 fully saturated rings. The zero-order chi connectivity index (χ0) is 16.7. The third kappa shape index (κ3) is 5.43. The predicted octanol–water partition coefficient (Wildman–Crippen LogP) is 2.76. The second-order valence-corrected chi connectivity index (χ2v) is 6.09. The molecule has 1 aromatic rings. The SMILES string of the molecule is CCCOc1ccc(Cl)cc1CNC(=O)CN1CCCCC1=O. The van der Waals surface area contributed by atoms with Gasteiger partial charge in [-0.3, -0.25) is 9.59 Å². The molecule has 0 spiro atoms. The molecule has 0 atom stereocenters. The van der Waals surface area contributed by atoms with Crippen molar-refractivity contribution in [3.63, 3.8) is 0 Å². The largest absolute Gasteiger partial charge is 0.493 e. The lowest BCUT2D eigenvalue weighted by Crippen LogP contribution is -2.42. The lowest BCUT2D eigenvalue weighted by Gasteiger charge is -2.26. The van der Waals surface area contributed by atoms with E-state index in [9.17, 15) is 9.59 Å². The number of amides is 2. The van der Waals surface area contributed by atoms with E-state index in [1.54, 1.807) is 17.0 Å². The molecule has 5 nitrogen and oxygen atoms in total. The highest BCUT2D eigenvalue weighted by Crippen LogP contribution is 2.23. The fourth-order valence-electron chi connectivity index (χ4n) is 2.49. The Hall–Kier alpha value is -1.75. The third-order valence-electron chi connectivity index (χ3n) is 3.72. The van der Waals surface area contributed by atoms with Gasteiger partial charge in [-0.05, 0) is 37.5 Å². The summed E-state index contributed by atoms with van der Waals surface area (Å²) in [4.78, 5) is 25.4. The number of rotatable bonds is 7. The van der Waals surface area contributed by atoms with E-state index in [0.717, 1.165) is 30.6 Å². The van der Waals surface area contributed by atoms with Crippen LogP contribution in [-0.2, 0) is 16.1 Å². The van der Waals surface area contributed by atoms with Crippen LogP contribution in [0.5, 0.6) is 5.75 Å². The Bertz CT molecular complexity index is 563. The maximum atomic E-state index is 12.1. The molecule has 0 aromatic heterocycles. The zero-order valence-electron chi connectivity index (χ0n) is 13.4. The lowest BCUT2D eigenvalue weighted by molar-refractivity contribution is -0.137. The smallest absolute Gasteiger partial charge is 0.239 e.